The molecule has 6 nitrogen and oxygen atoms in total. The van der Waals surface area contributed by atoms with E-state index in [-0.39, 0.29) is 12.8 Å². The van der Waals surface area contributed by atoms with Crippen LogP contribution in [-0.2, 0) is 14.3 Å². The first-order valence-corrected chi connectivity index (χ1v) is 7.55. The van der Waals surface area contributed by atoms with Crippen LogP contribution >= 0.6 is 31.9 Å². The summed E-state index contributed by atoms with van der Waals surface area (Å²) in [6.45, 7) is 0. The Labute approximate surface area is 138 Å². The van der Waals surface area contributed by atoms with E-state index in [0.29, 0.717) is 14.5 Å². The highest BCUT2D eigenvalue weighted by Gasteiger charge is 2.20. The summed E-state index contributed by atoms with van der Waals surface area (Å²) in [4.78, 5) is 34.5. The van der Waals surface area contributed by atoms with Gasteiger partial charge in [-0.3, -0.25) is 14.4 Å². The molecule has 0 heterocycles. The molecule has 8 heteroatoms. The molecule has 0 aromatic heterocycles. The molecule has 0 saturated carbocycles. The number of esters is 1. The molecule has 0 bridgehead atoms. The predicted molar refractivity (Wildman–Crippen MR) is 83.5 cm³/mol. The maximum Gasteiger partial charge on any atom is 0.305 e. The zero-order chi connectivity index (χ0) is 16.0. The molecule has 0 spiro atoms. The average molecular weight is 422 g/mol. The second-order valence-electron chi connectivity index (χ2n) is 4.20. The molecule has 2 amide bonds. The highest BCUT2D eigenvalue weighted by Crippen LogP contribution is 2.20. The van der Waals surface area contributed by atoms with Gasteiger partial charge in [0.25, 0.3) is 5.91 Å². The maximum atomic E-state index is 12.1. The largest absolute Gasteiger partial charge is 0.469 e. The minimum atomic E-state index is -0.936. The van der Waals surface area contributed by atoms with E-state index in [4.69, 9.17) is 5.73 Å². The van der Waals surface area contributed by atoms with Crippen molar-refractivity contribution in [3.05, 3.63) is 32.7 Å². The van der Waals surface area contributed by atoms with Gasteiger partial charge in [-0.05, 0) is 24.6 Å². The van der Waals surface area contributed by atoms with Crippen LogP contribution in [0.2, 0.25) is 0 Å². The van der Waals surface area contributed by atoms with E-state index >= 15 is 0 Å². The van der Waals surface area contributed by atoms with Crippen molar-refractivity contribution < 1.29 is 19.1 Å². The van der Waals surface area contributed by atoms with Crippen LogP contribution in [0.25, 0.3) is 0 Å². The molecule has 1 atom stereocenters. The number of halogens is 2. The average Bonchev–Trinajstić information content (AvgIpc) is 2.41. The summed E-state index contributed by atoms with van der Waals surface area (Å²) >= 11 is 6.55. The molecule has 0 aliphatic rings. The second kappa shape index (κ2) is 8.14. The van der Waals surface area contributed by atoms with Crippen LogP contribution in [-0.4, -0.2) is 30.9 Å². The fourth-order valence-electron chi connectivity index (χ4n) is 1.58. The third-order valence-electron chi connectivity index (χ3n) is 2.64. The highest BCUT2D eigenvalue weighted by molar-refractivity contribution is 9.11. The standard InChI is InChI=1S/C13H14Br2N2O4/c1-21-11(18)3-2-10(12(16)19)17-13(20)7-4-8(14)6-9(15)5-7/h4-6,10H,2-3H2,1H3,(H2,16,19)(H,17,20)/t10-/m1/s1. The minimum absolute atomic E-state index is 0.00738. The second-order valence-corrected chi connectivity index (χ2v) is 6.03. The van der Waals surface area contributed by atoms with Crippen LogP contribution in [0.3, 0.4) is 0 Å². The van der Waals surface area contributed by atoms with Crippen molar-refractivity contribution >= 4 is 49.6 Å². The summed E-state index contributed by atoms with van der Waals surface area (Å²) in [5, 5.41) is 2.50. The molecule has 1 aromatic carbocycles. The molecule has 0 aliphatic heterocycles. The number of hydrogen-bond acceptors (Lipinski definition) is 4. The first kappa shape index (κ1) is 17.6. The highest BCUT2D eigenvalue weighted by atomic mass is 79.9. The van der Waals surface area contributed by atoms with E-state index in [1.54, 1.807) is 18.2 Å². The molecule has 114 valence electrons. The topological polar surface area (TPSA) is 98.5 Å². The lowest BCUT2D eigenvalue weighted by Crippen LogP contribution is -2.44. The van der Waals surface area contributed by atoms with E-state index in [1.807, 2.05) is 0 Å². The molecule has 0 radical (unpaired) electrons. The summed E-state index contributed by atoms with van der Waals surface area (Å²) in [6, 6.07) is 4.06. The van der Waals surface area contributed by atoms with Gasteiger partial charge >= 0.3 is 5.97 Å². The van der Waals surface area contributed by atoms with Gasteiger partial charge in [0.2, 0.25) is 5.91 Å². The number of ether oxygens (including phenoxy) is 1. The summed E-state index contributed by atoms with van der Waals surface area (Å²) in [5.41, 5.74) is 5.59. The van der Waals surface area contributed by atoms with Crippen LogP contribution < -0.4 is 11.1 Å². The lowest BCUT2D eigenvalue weighted by Gasteiger charge is -2.15. The molecular formula is C13H14Br2N2O4. The number of nitrogens with two attached hydrogens (primary N) is 1. The number of rotatable bonds is 6. The SMILES string of the molecule is COC(=O)CC[C@@H](NC(=O)c1cc(Br)cc(Br)c1)C(N)=O. The Morgan fingerprint density at radius 1 is 1.24 bits per heavy atom. The molecule has 0 aliphatic carbocycles. The zero-order valence-corrected chi connectivity index (χ0v) is 14.4. The Morgan fingerprint density at radius 3 is 2.29 bits per heavy atom. The van der Waals surface area contributed by atoms with Crippen molar-refractivity contribution in [2.24, 2.45) is 5.73 Å². The van der Waals surface area contributed by atoms with Gasteiger partial charge in [-0.1, -0.05) is 31.9 Å². The number of nitrogens with one attached hydrogen (secondary N) is 1. The number of benzene rings is 1. The molecule has 3 N–H and O–H groups in total. The fourth-order valence-corrected chi connectivity index (χ4v) is 2.87. The number of methoxy groups -OCH3 is 1. The monoisotopic (exact) mass is 420 g/mol. The van der Waals surface area contributed by atoms with E-state index in [2.05, 4.69) is 41.9 Å². The quantitative estimate of drug-likeness (QED) is 0.683. The zero-order valence-electron chi connectivity index (χ0n) is 11.2. The van der Waals surface area contributed by atoms with Crippen molar-refractivity contribution in [3.8, 4) is 0 Å². The van der Waals surface area contributed by atoms with Crippen LogP contribution in [0.4, 0.5) is 0 Å². The first-order valence-electron chi connectivity index (χ1n) is 5.96. The van der Waals surface area contributed by atoms with Crippen LogP contribution in [0, 0.1) is 0 Å². The van der Waals surface area contributed by atoms with Crippen molar-refractivity contribution in [1.82, 2.24) is 5.32 Å². The van der Waals surface area contributed by atoms with Crippen LogP contribution in [0.5, 0.6) is 0 Å². The van der Waals surface area contributed by atoms with E-state index in [9.17, 15) is 14.4 Å². The van der Waals surface area contributed by atoms with Crippen molar-refractivity contribution in [1.29, 1.82) is 0 Å². The third kappa shape index (κ3) is 5.84. The fraction of sp³-hybridized carbons (Fsp3) is 0.308. The van der Waals surface area contributed by atoms with Gasteiger partial charge in [-0.15, -0.1) is 0 Å². The number of primary amides is 1. The number of carbonyl (C=O) groups excluding carboxylic acids is 3. The molecule has 1 rings (SSSR count). The number of carbonyl (C=O) groups is 3. The summed E-state index contributed by atoms with van der Waals surface area (Å²) in [7, 11) is 1.25. The van der Waals surface area contributed by atoms with Gasteiger partial charge < -0.3 is 15.8 Å². The Hall–Kier alpha value is -1.41. The van der Waals surface area contributed by atoms with Crippen LogP contribution in [0.15, 0.2) is 27.1 Å². The Balaban J connectivity index is 2.76. The van der Waals surface area contributed by atoms with Crippen molar-refractivity contribution in [2.45, 2.75) is 18.9 Å². The number of hydrogen-bond donors (Lipinski definition) is 2. The van der Waals surface area contributed by atoms with Gasteiger partial charge in [0.15, 0.2) is 0 Å². The van der Waals surface area contributed by atoms with Gasteiger partial charge in [-0.25, -0.2) is 0 Å². The van der Waals surface area contributed by atoms with Gasteiger partial charge in [0, 0.05) is 20.9 Å². The van der Waals surface area contributed by atoms with Crippen LogP contribution in [0.1, 0.15) is 23.2 Å². The molecule has 0 unspecified atom stereocenters. The smallest absolute Gasteiger partial charge is 0.305 e. The van der Waals surface area contributed by atoms with Gasteiger partial charge in [0.1, 0.15) is 6.04 Å². The molecule has 21 heavy (non-hydrogen) atoms. The maximum absolute atomic E-state index is 12.1. The van der Waals surface area contributed by atoms with Crippen molar-refractivity contribution in [2.75, 3.05) is 7.11 Å². The first-order chi connectivity index (χ1) is 9.83. The molecule has 1 aromatic rings. The van der Waals surface area contributed by atoms with Gasteiger partial charge in [-0.2, -0.15) is 0 Å². The Morgan fingerprint density at radius 2 is 1.81 bits per heavy atom. The lowest BCUT2D eigenvalue weighted by molar-refractivity contribution is -0.140. The minimum Gasteiger partial charge on any atom is -0.469 e. The predicted octanol–water partition coefficient (Wildman–Crippen LogP) is 1.75. The van der Waals surface area contributed by atoms with Gasteiger partial charge in [0.05, 0.1) is 7.11 Å². The molecular weight excluding hydrogens is 408 g/mol. The van der Waals surface area contributed by atoms with E-state index < -0.39 is 23.8 Å². The normalized spacial score (nSPS) is 11.6. The third-order valence-corrected chi connectivity index (χ3v) is 3.55. The Bertz CT molecular complexity index is 543. The summed E-state index contributed by atoms with van der Waals surface area (Å²) in [5.74, 6) is -1.63. The van der Waals surface area contributed by atoms with Crippen molar-refractivity contribution in [3.63, 3.8) is 0 Å². The van der Waals surface area contributed by atoms with E-state index in [0.717, 1.165) is 0 Å². The van der Waals surface area contributed by atoms with E-state index in [1.165, 1.54) is 7.11 Å². The lowest BCUT2D eigenvalue weighted by atomic mass is 10.1. The number of amides is 2. The Kier molecular flexibility index (Phi) is 6.83. The summed E-state index contributed by atoms with van der Waals surface area (Å²) < 4.78 is 5.92. The molecule has 0 fully saturated rings. The summed E-state index contributed by atoms with van der Waals surface area (Å²) in [6.07, 6.45) is 0.0789. The molecule has 0 saturated heterocycles.